The summed E-state index contributed by atoms with van der Waals surface area (Å²) in [5, 5.41) is 31.5. The Labute approximate surface area is 116 Å². The van der Waals surface area contributed by atoms with Gasteiger partial charge in [0.15, 0.2) is 0 Å². The van der Waals surface area contributed by atoms with E-state index in [0.717, 1.165) is 0 Å². The van der Waals surface area contributed by atoms with Crippen molar-refractivity contribution in [2.24, 2.45) is 5.92 Å². The van der Waals surface area contributed by atoms with Crippen molar-refractivity contribution in [2.45, 2.75) is 26.3 Å². The van der Waals surface area contributed by atoms with Gasteiger partial charge in [-0.05, 0) is 24.5 Å². The summed E-state index contributed by atoms with van der Waals surface area (Å²) in [5.74, 6) is -0.826. The SMILES string of the molecule is CC(C)C[C@@H](Nc1ccc([N+](=O)[O-])c(C#N)c1)C(=O)O. The summed E-state index contributed by atoms with van der Waals surface area (Å²) in [6.45, 7) is 3.79. The van der Waals surface area contributed by atoms with Crippen LogP contribution in [0.3, 0.4) is 0 Å². The predicted octanol–water partition coefficient (Wildman–Crippen LogP) is 2.38. The summed E-state index contributed by atoms with van der Waals surface area (Å²) in [6, 6.07) is 4.80. The number of nitriles is 1. The number of hydrogen-bond donors (Lipinski definition) is 2. The number of carboxylic acids is 1. The molecule has 106 valence electrons. The summed E-state index contributed by atoms with van der Waals surface area (Å²) < 4.78 is 0. The average Bonchev–Trinajstić information content (AvgIpc) is 2.36. The molecule has 20 heavy (non-hydrogen) atoms. The van der Waals surface area contributed by atoms with Gasteiger partial charge in [0.2, 0.25) is 0 Å². The second-order valence-corrected chi connectivity index (χ2v) is 4.77. The molecular formula is C13H15N3O4. The summed E-state index contributed by atoms with van der Waals surface area (Å²) in [5.41, 5.74) is -0.0253. The first-order chi connectivity index (χ1) is 9.35. The minimum atomic E-state index is -1.00. The Kier molecular flexibility index (Phi) is 5.03. The first kappa shape index (κ1) is 15.4. The van der Waals surface area contributed by atoms with Crippen molar-refractivity contribution in [3.63, 3.8) is 0 Å². The minimum absolute atomic E-state index is 0.103. The molecule has 0 spiro atoms. The molecule has 0 bridgehead atoms. The van der Waals surface area contributed by atoms with Gasteiger partial charge in [-0.1, -0.05) is 13.8 Å². The molecular weight excluding hydrogens is 262 g/mol. The van der Waals surface area contributed by atoms with E-state index >= 15 is 0 Å². The highest BCUT2D eigenvalue weighted by Gasteiger charge is 2.20. The fourth-order valence-electron chi connectivity index (χ4n) is 1.77. The number of nitrogens with zero attached hydrogens (tertiary/aromatic N) is 2. The average molecular weight is 277 g/mol. The van der Waals surface area contributed by atoms with E-state index in [2.05, 4.69) is 5.32 Å². The quantitative estimate of drug-likeness (QED) is 0.609. The zero-order chi connectivity index (χ0) is 15.3. The third-order valence-corrected chi connectivity index (χ3v) is 2.66. The van der Waals surface area contributed by atoms with E-state index in [9.17, 15) is 14.9 Å². The van der Waals surface area contributed by atoms with Crippen LogP contribution in [0.15, 0.2) is 18.2 Å². The van der Waals surface area contributed by atoms with E-state index in [-0.39, 0.29) is 17.2 Å². The molecule has 1 rings (SSSR count). The number of anilines is 1. The van der Waals surface area contributed by atoms with Crippen molar-refractivity contribution in [1.82, 2.24) is 0 Å². The number of aliphatic carboxylic acids is 1. The molecule has 0 unspecified atom stereocenters. The number of rotatable bonds is 6. The molecule has 0 heterocycles. The number of carboxylic acid groups (broad SMARTS) is 1. The van der Waals surface area contributed by atoms with Gasteiger partial charge in [-0.25, -0.2) is 4.79 Å². The molecule has 1 aromatic rings. The van der Waals surface area contributed by atoms with Crippen molar-refractivity contribution >= 4 is 17.3 Å². The van der Waals surface area contributed by atoms with E-state index in [1.165, 1.54) is 18.2 Å². The maximum absolute atomic E-state index is 11.1. The molecule has 0 aliphatic carbocycles. The van der Waals surface area contributed by atoms with Crippen LogP contribution in [0, 0.1) is 27.4 Å². The van der Waals surface area contributed by atoms with Crippen molar-refractivity contribution in [2.75, 3.05) is 5.32 Å². The van der Waals surface area contributed by atoms with Gasteiger partial charge in [-0.3, -0.25) is 10.1 Å². The Morgan fingerprint density at radius 3 is 2.65 bits per heavy atom. The molecule has 0 aliphatic rings. The molecule has 0 radical (unpaired) electrons. The van der Waals surface area contributed by atoms with Crippen LogP contribution in [0.2, 0.25) is 0 Å². The van der Waals surface area contributed by atoms with Crippen LogP contribution in [0.25, 0.3) is 0 Å². The first-order valence-corrected chi connectivity index (χ1v) is 6.03. The zero-order valence-electron chi connectivity index (χ0n) is 11.2. The predicted molar refractivity (Wildman–Crippen MR) is 72.3 cm³/mol. The third kappa shape index (κ3) is 3.95. The Morgan fingerprint density at radius 1 is 1.55 bits per heavy atom. The van der Waals surface area contributed by atoms with Gasteiger partial charge in [0, 0.05) is 11.8 Å². The maximum Gasteiger partial charge on any atom is 0.326 e. The lowest BCUT2D eigenvalue weighted by atomic mass is 10.0. The number of nitro benzene ring substituents is 1. The maximum atomic E-state index is 11.1. The van der Waals surface area contributed by atoms with Gasteiger partial charge in [0.1, 0.15) is 17.7 Å². The lowest BCUT2D eigenvalue weighted by Gasteiger charge is -2.17. The van der Waals surface area contributed by atoms with Gasteiger partial charge in [0.25, 0.3) is 5.69 Å². The van der Waals surface area contributed by atoms with E-state index in [1.54, 1.807) is 6.07 Å². The van der Waals surface area contributed by atoms with E-state index in [0.29, 0.717) is 12.1 Å². The van der Waals surface area contributed by atoms with Crippen LogP contribution in [-0.4, -0.2) is 22.0 Å². The highest BCUT2D eigenvalue weighted by atomic mass is 16.6. The number of hydrogen-bond acceptors (Lipinski definition) is 5. The molecule has 0 saturated carbocycles. The Hall–Kier alpha value is -2.62. The smallest absolute Gasteiger partial charge is 0.326 e. The molecule has 2 N–H and O–H groups in total. The van der Waals surface area contributed by atoms with Crippen molar-refractivity contribution in [1.29, 1.82) is 5.26 Å². The minimum Gasteiger partial charge on any atom is -0.480 e. The molecule has 7 nitrogen and oxygen atoms in total. The molecule has 0 fully saturated rings. The standard InChI is InChI=1S/C13H15N3O4/c1-8(2)5-11(13(17)18)15-10-3-4-12(16(19)20)9(6-10)7-14/h3-4,6,8,11,15H,5H2,1-2H3,(H,17,18)/t11-/m1/s1. The van der Waals surface area contributed by atoms with Crippen LogP contribution in [0.5, 0.6) is 0 Å². The lowest BCUT2D eigenvalue weighted by molar-refractivity contribution is -0.385. The molecule has 1 atom stereocenters. The van der Waals surface area contributed by atoms with Crippen LogP contribution in [0.1, 0.15) is 25.8 Å². The van der Waals surface area contributed by atoms with E-state index < -0.39 is 16.9 Å². The topological polar surface area (TPSA) is 116 Å². The summed E-state index contributed by atoms with van der Waals surface area (Å²) in [4.78, 5) is 21.2. The number of carbonyl (C=O) groups is 1. The number of nitrogens with one attached hydrogen (secondary N) is 1. The number of nitro groups is 1. The summed E-state index contributed by atoms with van der Waals surface area (Å²) in [7, 11) is 0. The largest absolute Gasteiger partial charge is 0.480 e. The first-order valence-electron chi connectivity index (χ1n) is 6.03. The van der Waals surface area contributed by atoms with Gasteiger partial charge in [-0.15, -0.1) is 0 Å². The van der Waals surface area contributed by atoms with Crippen LogP contribution in [0.4, 0.5) is 11.4 Å². The summed E-state index contributed by atoms with van der Waals surface area (Å²) >= 11 is 0. The second kappa shape index (κ2) is 6.52. The van der Waals surface area contributed by atoms with Gasteiger partial charge in [-0.2, -0.15) is 5.26 Å². The van der Waals surface area contributed by atoms with E-state index in [4.69, 9.17) is 10.4 Å². The molecule has 1 aromatic carbocycles. The van der Waals surface area contributed by atoms with Crippen molar-refractivity contribution in [3.8, 4) is 6.07 Å². The molecule has 7 heteroatoms. The van der Waals surface area contributed by atoms with Gasteiger partial charge >= 0.3 is 5.97 Å². The zero-order valence-corrected chi connectivity index (χ0v) is 11.2. The molecule has 0 amide bonds. The summed E-state index contributed by atoms with van der Waals surface area (Å²) in [6.07, 6.45) is 0.411. The van der Waals surface area contributed by atoms with Crippen LogP contribution in [-0.2, 0) is 4.79 Å². The molecule has 0 aromatic heterocycles. The van der Waals surface area contributed by atoms with Crippen LogP contribution >= 0.6 is 0 Å². The highest BCUT2D eigenvalue weighted by molar-refractivity contribution is 5.77. The second-order valence-electron chi connectivity index (χ2n) is 4.77. The lowest BCUT2D eigenvalue weighted by Crippen LogP contribution is -2.30. The molecule has 0 saturated heterocycles. The highest BCUT2D eigenvalue weighted by Crippen LogP contribution is 2.23. The Balaban J connectivity index is 3.00. The third-order valence-electron chi connectivity index (χ3n) is 2.66. The fraction of sp³-hybridized carbons (Fsp3) is 0.385. The molecule has 0 aliphatic heterocycles. The monoisotopic (exact) mass is 277 g/mol. The number of benzene rings is 1. The van der Waals surface area contributed by atoms with Crippen molar-refractivity contribution in [3.05, 3.63) is 33.9 Å². The van der Waals surface area contributed by atoms with Gasteiger partial charge < -0.3 is 10.4 Å². The Bertz CT molecular complexity index is 563. The van der Waals surface area contributed by atoms with Crippen LogP contribution < -0.4 is 5.32 Å². The normalized spacial score (nSPS) is 11.7. The van der Waals surface area contributed by atoms with Gasteiger partial charge in [0.05, 0.1) is 4.92 Å². The fourth-order valence-corrected chi connectivity index (χ4v) is 1.77. The van der Waals surface area contributed by atoms with E-state index in [1.807, 2.05) is 13.8 Å². The Morgan fingerprint density at radius 2 is 2.20 bits per heavy atom. The van der Waals surface area contributed by atoms with Crippen molar-refractivity contribution < 1.29 is 14.8 Å².